The van der Waals surface area contributed by atoms with E-state index in [1.807, 2.05) is 30.3 Å². The topological polar surface area (TPSA) is 66.9 Å². The summed E-state index contributed by atoms with van der Waals surface area (Å²) in [4.78, 5) is 8.57. The normalized spacial score (nSPS) is 10.7. The predicted octanol–water partition coefficient (Wildman–Crippen LogP) is 3.98. The van der Waals surface area contributed by atoms with E-state index in [4.69, 9.17) is 11.6 Å². The molecule has 0 amide bonds. The van der Waals surface area contributed by atoms with E-state index >= 15 is 0 Å². The molecule has 0 unspecified atom stereocenters. The van der Waals surface area contributed by atoms with Crippen LogP contribution in [0, 0.1) is 11.3 Å². The fraction of sp³-hybridized carbons (Fsp3) is 0. The molecule has 0 fully saturated rings. The molecule has 0 bridgehead atoms. The van der Waals surface area contributed by atoms with E-state index in [-0.39, 0.29) is 0 Å². The van der Waals surface area contributed by atoms with Gasteiger partial charge in [0.2, 0.25) is 0 Å². The van der Waals surface area contributed by atoms with Gasteiger partial charge < -0.3 is 0 Å². The van der Waals surface area contributed by atoms with Gasteiger partial charge in [-0.2, -0.15) is 5.26 Å². The van der Waals surface area contributed by atoms with Gasteiger partial charge in [0.15, 0.2) is 11.5 Å². The molecule has 0 aliphatic carbocycles. The van der Waals surface area contributed by atoms with Gasteiger partial charge in [-0.25, -0.2) is 9.50 Å². The molecule has 0 N–H and O–H groups in total. The van der Waals surface area contributed by atoms with E-state index < -0.39 is 0 Å². The third-order valence-electron chi connectivity index (χ3n) is 3.66. The molecule has 0 atom stereocenters. The fourth-order valence-electron chi connectivity index (χ4n) is 2.54. The van der Waals surface area contributed by atoms with E-state index in [0.29, 0.717) is 22.1 Å². The van der Waals surface area contributed by atoms with Gasteiger partial charge in [0.05, 0.1) is 11.3 Å². The van der Waals surface area contributed by atoms with Crippen LogP contribution in [0.5, 0.6) is 0 Å². The molecule has 5 nitrogen and oxygen atoms in total. The molecule has 0 radical (unpaired) electrons. The van der Waals surface area contributed by atoms with Crippen LogP contribution in [0.3, 0.4) is 0 Å². The number of halogens is 1. The standard InChI is InChI=1S/C18H10ClN5/c19-15-3-1-2-13(10-15)17-22-18-14(11-20)4-5-16(24(18)23-17)12-6-8-21-9-7-12/h1-10H. The van der Waals surface area contributed by atoms with Crippen molar-refractivity contribution in [2.24, 2.45) is 0 Å². The zero-order chi connectivity index (χ0) is 16.5. The van der Waals surface area contributed by atoms with Crippen molar-refractivity contribution in [1.29, 1.82) is 5.26 Å². The van der Waals surface area contributed by atoms with Gasteiger partial charge in [-0.1, -0.05) is 23.7 Å². The Balaban J connectivity index is 1.99. The summed E-state index contributed by atoms with van der Waals surface area (Å²) in [5.41, 5.74) is 3.57. The van der Waals surface area contributed by atoms with Crippen LogP contribution in [0.4, 0.5) is 0 Å². The van der Waals surface area contributed by atoms with Crippen molar-refractivity contribution < 1.29 is 0 Å². The number of nitrogens with zero attached hydrogens (tertiary/aromatic N) is 5. The van der Waals surface area contributed by atoms with Crippen molar-refractivity contribution in [1.82, 2.24) is 19.6 Å². The summed E-state index contributed by atoms with van der Waals surface area (Å²) in [6.07, 6.45) is 3.43. The number of aromatic nitrogens is 4. The maximum Gasteiger partial charge on any atom is 0.182 e. The van der Waals surface area contributed by atoms with Crippen LogP contribution in [-0.2, 0) is 0 Å². The van der Waals surface area contributed by atoms with Gasteiger partial charge in [0.25, 0.3) is 0 Å². The minimum Gasteiger partial charge on any atom is -0.265 e. The molecule has 24 heavy (non-hydrogen) atoms. The second-order valence-electron chi connectivity index (χ2n) is 5.16. The second kappa shape index (κ2) is 5.76. The second-order valence-corrected chi connectivity index (χ2v) is 5.60. The lowest BCUT2D eigenvalue weighted by Crippen LogP contribution is -1.96. The van der Waals surface area contributed by atoms with Gasteiger partial charge in [-0.05, 0) is 36.4 Å². The summed E-state index contributed by atoms with van der Waals surface area (Å²) in [7, 11) is 0. The molecule has 114 valence electrons. The minimum atomic E-state index is 0.466. The lowest BCUT2D eigenvalue weighted by atomic mass is 10.1. The fourth-order valence-corrected chi connectivity index (χ4v) is 2.73. The number of hydrogen-bond donors (Lipinski definition) is 0. The Morgan fingerprint density at radius 3 is 2.58 bits per heavy atom. The predicted molar refractivity (Wildman–Crippen MR) is 91.4 cm³/mol. The Kier molecular flexibility index (Phi) is 3.45. The molecule has 4 aromatic rings. The van der Waals surface area contributed by atoms with E-state index in [2.05, 4.69) is 21.1 Å². The Labute approximate surface area is 142 Å². The van der Waals surface area contributed by atoms with Gasteiger partial charge in [-0.15, -0.1) is 5.10 Å². The average molecular weight is 332 g/mol. The van der Waals surface area contributed by atoms with Crippen molar-refractivity contribution >= 4 is 17.2 Å². The maximum absolute atomic E-state index is 9.36. The molecule has 3 aromatic heterocycles. The number of benzene rings is 1. The van der Waals surface area contributed by atoms with Crippen molar-refractivity contribution in [3.8, 4) is 28.7 Å². The molecule has 0 saturated heterocycles. The lowest BCUT2D eigenvalue weighted by Gasteiger charge is -2.04. The van der Waals surface area contributed by atoms with Crippen molar-refractivity contribution in [2.45, 2.75) is 0 Å². The zero-order valence-corrected chi connectivity index (χ0v) is 13.1. The van der Waals surface area contributed by atoms with Crippen LogP contribution in [0.1, 0.15) is 5.56 Å². The highest BCUT2D eigenvalue weighted by molar-refractivity contribution is 6.30. The summed E-state index contributed by atoms with van der Waals surface area (Å²) >= 11 is 6.06. The monoisotopic (exact) mass is 331 g/mol. The van der Waals surface area contributed by atoms with Crippen molar-refractivity contribution in [3.05, 3.63) is 71.5 Å². The van der Waals surface area contributed by atoms with E-state index in [0.717, 1.165) is 16.8 Å². The third kappa shape index (κ3) is 2.39. The van der Waals surface area contributed by atoms with Crippen LogP contribution in [0.25, 0.3) is 28.3 Å². The van der Waals surface area contributed by atoms with Crippen LogP contribution in [-0.4, -0.2) is 19.6 Å². The number of rotatable bonds is 2. The first kappa shape index (κ1) is 14.4. The van der Waals surface area contributed by atoms with E-state index in [9.17, 15) is 5.26 Å². The summed E-state index contributed by atoms with van der Waals surface area (Å²) in [5.74, 6) is 0.524. The number of pyridine rings is 2. The zero-order valence-electron chi connectivity index (χ0n) is 12.4. The highest BCUT2D eigenvalue weighted by Gasteiger charge is 2.14. The lowest BCUT2D eigenvalue weighted by molar-refractivity contribution is 0.971. The Hall–Kier alpha value is -3.23. The smallest absolute Gasteiger partial charge is 0.182 e. The summed E-state index contributed by atoms with van der Waals surface area (Å²) in [6.45, 7) is 0. The van der Waals surface area contributed by atoms with Gasteiger partial charge in [-0.3, -0.25) is 4.98 Å². The van der Waals surface area contributed by atoms with Gasteiger partial charge in [0, 0.05) is 28.5 Å². The van der Waals surface area contributed by atoms with E-state index in [1.54, 1.807) is 35.1 Å². The van der Waals surface area contributed by atoms with Crippen LogP contribution < -0.4 is 0 Å². The highest BCUT2D eigenvalue weighted by Crippen LogP contribution is 2.25. The Morgan fingerprint density at radius 2 is 1.83 bits per heavy atom. The number of nitriles is 1. The summed E-state index contributed by atoms with van der Waals surface area (Å²) < 4.78 is 1.68. The first-order chi connectivity index (χ1) is 11.8. The van der Waals surface area contributed by atoms with Crippen LogP contribution in [0.2, 0.25) is 5.02 Å². The Morgan fingerprint density at radius 1 is 1.00 bits per heavy atom. The van der Waals surface area contributed by atoms with Crippen molar-refractivity contribution in [3.63, 3.8) is 0 Å². The summed E-state index contributed by atoms with van der Waals surface area (Å²) in [5, 5.41) is 14.6. The number of fused-ring (bicyclic) bond motifs is 1. The molecule has 4 rings (SSSR count). The molecule has 3 heterocycles. The molecular formula is C18H10ClN5. The average Bonchev–Trinajstić information content (AvgIpc) is 3.07. The molecule has 0 aliphatic rings. The highest BCUT2D eigenvalue weighted by atomic mass is 35.5. The van der Waals surface area contributed by atoms with Crippen LogP contribution in [0.15, 0.2) is 60.9 Å². The first-order valence-corrected chi connectivity index (χ1v) is 7.60. The molecule has 6 heteroatoms. The van der Waals surface area contributed by atoms with E-state index in [1.165, 1.54) is 0 Å². The number of hydrogen-bond acceptors (Lipinski definition) is 4. The minimum absolute atomic E-state index is 0.466. The van der Waals surface area contributed by atoms with Gasteiger partial charge in [0.1, 0.15) is 6.07 Å². The van der Waals surface area contributed by atoms with Gasteiger partial charge >= 0.3 is 0 Å². The Bertz CT molecular complexity index is 1080. The third-order valence-corrected chi connectivity index (χ3v) is 3.90. The molecule has 0 spiro atoms. The quantitative estimate of drug-likeness (QED) is 0.557. The molecular weight excluding hydrogens is 322 g/mol. The molecule has 1 aromatic carbocycles. The SMILES string of the molecule is N#Cc1ccc(-c2ccncc2)n2nc(-c3cccc(Cl)c3)nc12. The molecule has 0 aliphatic heterocycles. The molecule has 0 saturated carbocycles. The first-order valence-electron chi connectivity index (χ1n) is 7.22. The van der Waals surface area contributed by atoms with Crippen LogP contribution >= 0.6 is 11.6 Å². The maximum atomic E-state index is 9.36. The summed E-state index contributed by atoms with van der Waals surface area (Å²) in [6, 6.07) is 16.9. The van der Waals surface area contributed by atoms with Crippen molar-refractivity contribution in [2.75, 3.05) is 0 Å². The largest absolute Gasteiger partial charge is 0.265 e.